The van der Waals surface area contributed by atoms with Gasteiger partial charge in [-0.15, -0.1) is 0 Å². The first-order valence-corrected chi connectivity index (χ1v) is 4.92. The van der Waals surface area contributed by atoms with Crippen LogP contribution in [0.25, 0.3) is 0 Å². The molecule has 0 saturated heterocycles. The topological polar surface area (TPSA) is 104 Å². The summed E-state index contributed by atoms with van der Waals surface area (Å²) in [5, 5.41) is 10.3. The van der Waals surface area contributed by atoms with Crippen LogP contribution in [0.5, 0.6) is 0 Å². The second-order valence-corrected chi connectivity index (χ2v) is 4.01. The molecule has 1 aromatic rings. The number of H-pyrrole nitrogens is 1. The van der Waals surface area contributed by atoms with Crippen LogP contribution in [0, 0.1) is 0 Å². The summed E-state index contributed by atoms with van der Waals surface area (Å²) in [6.07, 6.45) is 4.37. The molecule has 0 atom stereocenters. The summed E-state index contributed by atoms with van der Waals surface area (Å²) in [6.45, 7) is 4.68. The van der Waals surface area contributed by atoms with E-state index in [1.165, 1.54) is 0 Å². The standard InChI is InChI=1S/C7H13NO4.C3H4N2/c1-7(2,3)12-6(11)8-4-5(9)10;1-2-5-3-4-1/h4H2,1-3H3,(H,8,11)(H,9,10);1-3H,(H,4,5). The SMILES string of the molecule is CC(C)(C)OC(=O)NCC(=O)O.c1c[nH]cn1. The largest absolute Gasteiger partial charge is 0.480 e. The minimum absolute atomic E-state index is 0.422. The number of hydrogen-bond acceptors (Lipinski definition) is 4. The van der Waals surface area contributed by atoms with Crippen molar-refractivity contribution < 1.29 is 19.4 Å². The Balaban J connectivity index is 0.000000419. The smallest absolute Gasteiger partial charge is 0.408 e. The lowest BCUT2D eigenvalue weighted by molar-refractivity contribution is -0.136. The predicted molar refractivity (Wildman–Crippen MR) is 60.5 cm³/mol. The molecule has 7 nitrogen and oxygen atoms in total. The molecule has 0 spiro atoms. The molecule has 0 aliphatic carbocycles. The van der Waals surface area contributed by atoms with Gasteiger partial charge >= 0.3 is 12.1 Å². The zero-order valence-corrected chi connectivity index (χ0v) is 10.1. The lowest BCUT2D eigenvalue weighted by Gasteiger charge is -2.19. The van der Waals surface area contributed by atoms with Gasteiger partial charge in [0, 0.05) is 12.4 Å². The van der Waals surface area contributed by atoms with E-state index in [9.17, 15) is 9.59 Å². The lowest BCUT2D eigenvalue weighted by atomic mass is 10.2. The maximum Gasteiger partial charge on any atom is 0.408 e. The number of carbonyl (C=O) groups is 2. The maximum absolute atomic E-state index is 10.8. The van der Waals surface area contributed by atoms with Crippen molar-refractivity contribution in [2.24, 2.45) is 0 Å². The zero-order chi connectivity index (χ0) is 13.3. The number of aromatic nitrogens is 2. The molecule has 0 aliphatic heterocycles. The quantitative estimate of drug-likeness (QED) is 0.719. The van der Waals surface area contributed by atoms with Gasteiger partial charge in [0.15, 0.2) is 0 Å². The van der Waals surface area contributed by atoms with Gasteiger partial charge in [0.05, 0.1) is 6.33 Å². The van der Waals surface area contributed by atoms with E-state index in [4.69, 9.17) is 9.84 Å². The molecule has 0 unspecified atom stereocenters. The van der Waals surface area contributed by atoms with E-state index in [1.54, 1.807) is 39.5 Å². The van der Waals surface area contributed by atoms with Gasteiger partial charge in [0.25, 0.3) is 0 Å². The number of nitrogens with zero attached hydrogens (tertiary/aromatic N) is 1. The Labute approximate surface area is 99.2 Å². The van der Waals surface area contributed by atoms with Crippen molar-refractivity contribution in [2.75, 3.05) is 6.54 Å². The van der Waals surface area contributed by atoms with Crippen molar-refractivity contribution in [1.29, 1.82) is 0 Å². The van der Waals surface area contributed by atoms with E-state index in [-0.39, 0.29) is 0 Å². The summed E-state index contributed by atoms with van der Waals surface area (Å²) in [5.74, 6) is -1.10. The average Bonchev–Trinajstić information content (AvgIpc) is 2.69. The molecule has 17 heavy (non-hydrogen) atoms. The second-order valence-electron chi connectivity index (χ2n) is 4.01. The zero-order valence-electron chi connectivity index (χ0n) is 10.1. The van der Waals surface area contributed by atoms with Crippen LogP contribution in [0.4, 0.5) is 4.79 Å². The van der Waals surface area contributed by atoms with Crippen LogP contribution in [-0.2, 0) is 9.53 Å². The van der Waals surface area contributed by atoms with Crippen LogP contribution in [0.1, 0.15) is 20.8 Å². The summed E-state index contributed by atoms with van der Waals surface area (Å²) in [7, 11) is 0. The molecule has 1 amide bonds. The van der Waals surface area contributed by atoms with Crippen LogP contribution in [0.2, 0.25) is 0 Å². The third kappa shape index (κ3) is 11.9. The number of carboxylic acid groups (broad SMARTS) is 1. The highest BCUT2D eigenvalue weighted by atomic mass is 16.6. The van der Waals surface area contributed by atoms with E-state index >= 15 is 0 Å². The first-order chi connectivity index (χ1) is 7.81. The Hall–Kier alpha value is -2.05. The minimum atomic E-state index is -1.10. The van der Waals surface area contributed by atoms with Gasteiger partial charge in [-0.2, -0.15) is 0 Å². The van der Waals surface area contributed by atoms with Crippen molar-refractivity contribution in [3.8, 4) is 0 Å². The third-order valence-electron chi connectivity index (χ3n) is 1.19. The van der Waals surface area contributed by atoms with Crippen molar-refractivity contribution in [3.63, 3.8) is 0 Å². The van der Waals surface area contributed by atoms with Crippen molar-refractivity contribution in [2.45, 2.75) is 26.4 Å². The molecule has 3 N–H and O–H groups in total. The van der Waals surface area contributed by atoms with Crippen molar-refractivity contribution in [3.05, 3.63) is 18.7 Å². The number of nitrogens with one attached hydrogen (secondary N) is 2. The predicted octanol–water partition coefficient (Wildman–Crippen LogP) is 1.01. The normalized spacial score (nSPS) is 9.82. The molecule has 1 aromatic heterocycles. The first kappa shape index (κ1) is 14.9. The van der Waals surface area contributed by atoms with Crippen molar-refractivity contribution in [1.82, 2.24) is 15.3 Å². The fraction of sp³-hybridized carbons (Fsp3) is 0.500. The number of imidazole rings is 1. The van der Waals surface area contributed by atoms with Gasteiger partial charge < -0.3 is 20.1 Å². The number of aromatic amines is 1. The molecule has 96 valence electrons. The summed E-state index contributed by atoms with van der Waals surface area (Å²) in [6, 6.07) is 0. The highest BCUT2D eigenvalue weighted by Gasteiger charge is 2.15. The molecular weight excluding hydrogens is 226 g/mol. The number of hydrogen-bond donors (Lipinski definition) is 3. The molecule has 0 bridgehead atoms. The Morgan fingerprint density at radius 1 is 1.47 bits per heavy atom. The van der Waals surface area contributed by atoms with E-state index in [0.717, 1.165) is 0 Å². The summed E-state index contributed by atoms with van der Waals surface area (Å²) < 4.78 is 4.77. The highest BCUT2D eigenvalue weighted by molar-refractivity contribution is 5.76. The van der Waals surface area contributed by atoms with Gasteiger partial charge in [-0.05, 0) is 20.8 Å². The minimum Gasteiger partial charge on any atom is -0.480 e. The van der Waals surface area contributed by atoms with E-state index < -0.39 is 24.2 Å². The van der Waals surface area contributed by atoms with Crippen LogP contribution >= 0.6 is 0 Å². The molecule has 0 aromatic carbocycles. The van der Waals surface area contributed by atoms with Gasteiger partial charge in [-0.25, -0.2) is 9.78 Å². The number of carboxylic acids is 1. The number of amides is 1. The summed E-state index contributed by atoms with van der Waals surface area (Å²) >= 11 is 0. The maximum atomic E-state index is 10.8. The highest BCUT2D eigenvalue weighted by Crippen LogP contribution is 2.05. The molecule has 0 fully saturated rings. The molecule has 0 saturated carbocycles. The van der Waals surface area contributed by atoms with Gasteiger partial charge in [0.1, 0.15) is 12.1 Å². The van der Waals surface area contributed by atoms with Crippen molar-refractivity contribution >= 4 is 12.1 Å². The monoisotopic (exact) mass is 243 g/mol. The second kappa shape index (κ2) is 7.26. The van der Waals surface area contributed by atoms with Crippen LogP contribution in [0.3, 0.4) is 0 Å². The van der Waals surface area contributed by atoms with Crippen LogP contribution in [-0.4, -0.2) is 39.3 Å². The molecule has 1 rings (SSSR count). The Kier molecular flexibility index (Phi) is 6.39. The van der Waals surface area contributed by atoms with E-state index in [2.05, 4.69) is 15.3 Å². The molecule has 1 heterocycles. The van der Waals surface area contributed by atoms with Gasteiger partial charge in [-0.1, -0.05) is 0 Å². The Bertz CT molecular complexity index is 313. The molecule has 0 aliphatic rings. The molecular formula is C10H17N3O4. The average molecular weight is 243 g/mol. The number of aliphatic carboxylic acids is 1. The third-order valence-corrected chi connectivity index (χ3v) is 1.19. The fourth-order valence-electron chi connectivity index (χ4n) is 0.677. The first-order valence-electron chi connectivity index (χ1n) is 4.92. The Morgan fingerprint density at radius 2 is 2.12 bits per heavy atom. The van der Waals surface area contributed by atoms with Gasteiger partial charge in [-0.3, -0.25) is 4.79 Å². The Morgan fingerprint density at radius 3 is 2.41 bits per heavy atom. The van der Waals surface area contributed by atoms with Crippen LogP contribution < -0.4 is 5.32 Å². The number of carbonyl (C=O) groups excluding carboxylic acids is 1. The fourth-order valence-corrected chi connectivity index (χ4v) is 0.677. The molecule has 7 heteroatoms. The number of ether oxygens (including phenoxy) is 1. The van der Waals surface area contributed by atoms with Crippen LogP contribution in [0.15, 0.2) is 18.7 Å². The number of rotatable bonds is 2. The summed E-state index contributed by atoms with van der Waals surface area (Å²) in [5.41, 5.74) is -0.595. The number of alkyl carbamates (subject to hydrolysis) is 1. The van der Waals surface area contributed by atoms with Gasteiger partial charge in [0.2, 0.25) is 0 Å². The lowest BCUT2D eigenvalue weighted by Crippen LogP contribution is -2.35. The molecule has 0 radical (unpaired) electrons. The van der Waals surface area contributed by atoms with E-state index in [1.807, 2.05) is 0 Å². The van der Waals surface area contributed by atoms with E-state index in [0.29, 0.717) is 0 Å². The summed E-state index contributed by atoms with van der Waals surface area (Å²) in [4.78, 5) is 27.2.